The summed E-state index contributed by atoms with van der Waals surface area (Å²) in [5.74, 6) is 0.695. The van der Waals surface area contributed by atoms with Gasteiger partial charge in [-0.05, 0) is 36.4 Å². The Morgan fingerprint density at radius 2 is 1.84 bits per heavy atom. The lowest BCUT2D eigenvalue weighted by atomic mass is 10.1. The van der Waals surface area contributed by atoms with Crippen LogP contribution >= 0.6 is 0 Å². The first-order valence-electron chi connectivity index (χ1n) is 8.05. The average Bonchev–Trinajstić information content (AvgIpc) is 2.77. The van der Waals surface area contributed by atoms with E-state index in [4.69, 9.17) is 9.47 Å². The van der Waals surface area contributed by atoms with Gasteiger partial charge in [0.1, 0.15) is 11.5 Å². The van der Waals surface area contributed by atoms with E-state index < -0.39 is 0 Å². The van der Waals surface area contributed by atoms with Gasteiger partial charge in [-0.2, -0.15) is 0 Å². The molecule has 2 aromatic rings. The molecule has 1 N–H and O–H groups in total. The van der Waals surface area contributed by atoms with Crippen LogP contribution in [0.25, 0.3) is 0 Å². The summed E-state index contributed by atoms with van der Waals surface area (Å²) in [6, 6.07) is 14.3. The SMILES string of the molecule is COc1ccc(OCC(=O)N2CC(C)C(=O)Nc3ccccc32)cc1. The van der Waals surface area contributed by atoms with Crippen molar-refractivity contribution < 1.29 is 19.1 Å². The number of amides is 2. The van der Waals surface area contributed by atoms with Gasteiger partial charge in [0.25, 0.3) is 5.91 Å². The number of nitrogens with one attached hydrogen (secondary N) is 1. The van der Waals surface area contributed by atoms with E-state index in [0.717, 1.165) is 5.75 Å². The number of hydrogen-bond acceptors (Lipinski definition) is 4. The van der Waals surface area contributed by atoms with Crippen LogP contribution in [0, 0.1) is 5.92 Å². The second-order valence-electron chi connectivity index (χ2n) is 5.88. The lowest BCUT2D eigenvalue weighted by molar-refractivity contribution is -0.121. The highest BCUT2D eigenvalue weighted by Gasteiger charge is 2.28. The van der Waals surface area contributed by atoms with Gasteiger partial charge in [0, 0.05) is 6.54 Å². The maximum atomic E-state index is 12.7. The first kappa shape index (κ1) is 16.8. The third kappa shape index (κ3) is 3.74. The van der Waals surface area contributed by atoms with Crippen LogP contribution in [0.5, 0.6) is 11.5 Å². The molecule has 1 heterocycles. The molecule has 25 heavy (non-hydrogen) atoms. The van der Waals surface area contributed by atoms with Crippen molar-refractivity contribution in [3.8, 4) is 11.5 Å². The van der Waals surface area contributed by atoms with Gasteiger partial charge in [0.2, 0.25) is 5.91 Å². The third-order valence-corrected chi connectivity index (χ3v) is 4.08. The molecular formula is C19H20N2O4. The molecule has 0 aromatic heterocycles. The highest BCUT2D eigenvalue weighted by atomic mass is 16.5. The van der Waals surface area contributed by atoms with Crippen molar-refractivity contribution in [2.75, 3.05) is 30.5 Å². The molecule has 2 aromatic carbocycles. The van der Waals surface area contributed by atoms with Gasteiger partial charge < -0.3 is 19.7 Å². The maximum absolute atomic E-state index is 12.7. The lowest BCUT2D eigenvalue weighted by Crippen LogP contribution is -2.38. The molecule has 0 bridgehead atoms. The molecule has 0 fully saturated rings. The highest BCUT2D eigenvalue weighted by Crippen LogP contribution is 2.30. The van der Waals surface area contributed by atoms with Crippen molar-refractivity contribution in [2.45, 2.75) is 6.92 Å². The standard InChI is InChI=1S/C19H20N2O4/c1-13-11-21(17-6-4-3-5-16(17)20-19(13)23)18(22)12-25-15-9-7-14(24-2)8-10-15/h3-10,13H,11-12H2,1-2H3,(H,20,23). The summed E-state index contributed by atoms with van der Waals surface area (Å²) in [7, 11) is 1.59. The molecule has 1 aliphatic heterocycles. The Hall–Kier alpha value is -3.02. The molecule has 0 radical (unpaired) electrons. The number of rotatable bonds is 4. The van der Waals surface area contributed by atoms with Gasteiger partial charge in [-0.3, -0.25) is 9.59 Å². The first-order valence-corrected chi connectivity index (χ1v) is 8.05. The Bertz CT molecular complexity index is 773. The van der Waals surface area contributed by atoms with E-state index in [0.29, 0.717) is 23.7 Å². The van der Waals surface area contributed by atoms with Gasteiger partial charge in [-0.25, -0.2) is 0 Å². The van der Waals surface area contributed by atoms with E-state index in [1.54, 1.807) is 49.3 Å². The number of ether oxygens (including phenoxy) is 2. The minimum atomic E-state index is -0.308. The molecule has 0 spiro atoms. The summed E-state index contributed by atoms with van der Waals surface area (Å²) in [6.07, 6.45) is 0. The van der Waals surface area contributed by atoms with Crippen molar-refractivity contribution in [3.63, 3.8) is 0 Å². The Balaban J connectivity index is 1.74. The van der Waals surface area contributed by atoms with Crippen molar-refractivity contribution >= 4 is 23.2 Å². The van der Waals surface area contributed by atoms with E-state index in [-0.39, 0.29) is 24.3 Å². The molecule has 0 saturated carbocycles. The Labute approximate surface area is 146 Å². The summed E-state index contributed by atoms with van der Waals surface area (Å²) in [4.78, 5) is 26.4. The number of nitrogens with zero attached hydrogens (tertiary/aromatic N) is 1. The second-order valence-corrected chi connectivity index (χ2v) is 5.88. The summed E-state index contributed by atoms with van der Waals surface area (Å²) in [6.45, 7) is 2.00. The van der Waals surface area contributed by atoms with Gasteiger partial charge in [-0.15, -0.1) is 0 Å². The van der Waals surface area contributed by atoms with Crippen molar-refractivity contribution in [3.05, 3.63) is 48.5 Å². The normalized spacial score (nSPS) is 16.5. The summed E-state index contributed by atoms with van der Waals surface area (Å²) < 4.78 is 10.7. The van der Waals surface area contributed by atoms with Gasteiger partial charge >= 0.3 is 0 Å². The fourth-order valence-electron chi connectivity index (χ4n) is 2.66. The first-order chi connectivity index (χ1) is 12.1. The molecule has 2 amide bonds. The second kappa shape index (κ2) is 7.25. The van der Waals surface area contributed by atoms with Crippen LogP contribution in [-0.2, 0) is 9.59 Å². The van der Waals surface area contributed by atoms with Crippen LogP contribution < -0.4 is 19.7 Å². The topological polar surface area (TPSA) is 67.9 Å². The fourth-order valence-corrected chi connectivity index (χ4v) is 2.66. The molecule has 6 nitrogen and oxygen atoms in total. The van der Waals surface area contributed by atoms with Crippen LogP contribution in [-0.4, -0.2) is 32.1 Å². The largest absolute Gasteiger partial charge is 0.497 e. The van der Waals surface area contributed by atoms with Crippen LogP contribution in [0.3, 0.4) is 0 Å². The summed E-state index contributed by atoms with van der Waals surface area (Å²) in [5.41, 5.74) is 1.32. The minimum Gasteiger partial charge on any atom is -0.497 e. The smallest absolute Gasteiger partial charge is 0.264 e. The maximum Gasteiger partial charge on any atom is 0.264 e. The highest BCUT2D eigenvalue weighted by molar-refractivity contribution is 6.04. The zero-order valence-corrected chi connectivity index (χ0v) is 14.2. The molecule has 130 valence electrons. The zero-order chi connectivity index (χ0) is 17.8. The van der Waals surface area contributed by atoms with Crippen LogP contribution in [0.4, 0.5) is 11.4 Å². The van der Waals surface area contributed by atoms with Crippen molar-refractivity contribution in [1.82, 2.24) is 0 Å². The number of benzene rings is 2. The minimum absolute atomic E-state index is 0.0983. The number of carbonyl (C=O) groups is 2. The Kier molecular flexibility index (Phi) is 4.88. The molecule has 0 aliphatic carbocycles. The molecule has 1 unspecified atom stereocenters. The number of fused-ring (bicyclic) bond motifs is 1. The van der Waals surface area contributed by atoms with Crippen molar-refractivity contribution in [2.24, 2.45) is 5.92 Å². The van der Waals surface area contributed by atoms with E-state index >= 15 is 0 Å². The van der Waals surface area contributed by atoms with Crippen molar-refractivity contribution in [1.29, 1.82) is 0 Å². The number of hydrogen-bond donors (Lipinski definition) is 1. The number of anilines is 2. The predicted octanol–water partition coefficient (Wildman–Crippen LogP) is 2.70. The molecular weight excluding hydrogens is 320 g/mol. The van der Waals surface area contributed by atoms with Gasteiger partial charge in [0.15, 0.2) is 6.61 Å². The molecule has 1 atom stereocenters. The van der Waals surface area contributed by atoms with Crippen LogP contribution in [0.2, 0.25) is 0 Å². The van der Waals surface area contributed by atoms with Crippen LogP contribution in [0.15, 0.2) is 48.5 Å². The molecule has 1 aliphatic rings. The van der Waals surface area contributed by atoms with E-state index in [9.17, 15) is 9.59 Å². The number of para-hydroxylation sites is 2. The Morgan fingerprint density at radius 3 is 2.56 bits per heavy atom. The Morgan fingerprint density at radius 1 is 1.16 bits per heavy atom. The van der Waals surface area contributed by atoms with E-state index in [1.165, 1.54) is 0 Å². The van der Waals surface area contributed by atoms with Gasteiger partial charge in [0.05, 0.1) is 24.4 Å². The van der Waals surface area contributed by atoms with Gasteiger partial charge in [-0.1, -0.05) is 19.1 Å². The van der Waals surface area contributed by atoms with Crippen LogP contribution in [0.1, 0.15) is 6.92 Å². The zero-order valence-electron chi connectivity index (χ0n) is 14.2. The quantitative estimate of drug-likeness (QED) is 0.929. The average molecular weight is 340 g/mol. The molecule has 6 heteroatoms. The summed E-state index contributed by atoms with van der Waals surface area (Å²) >= 11 is 0. The number of carbonyl (C=O) groups excluding carboxylic acids is 2. The molecule has 0 saturated heterocycles. The fraction of sp³-hybridized carbons (Fsp3) is 0.263. The predicted molar refractivity (Wildman–Crippen MR) is 95.1 cm³/mol. The third-order valence-electron chi connectivity index (χ3n) is 4.08. The monoisotopic (exact) mass is 340 g/mol. The summed E-state index contributed by atoms with van der Waals surface area (Å²) in [5, 5.41) is 2.86. The lowest BCUT2D eigenvalue weighted by Gasteiger charge is -2.23. The molecule has 3 rings (SSSR count). The van der Waals surface area contributed by atoms with E-state index in [1.807, 2.05) is 18.2 Å². The number of methoxy groups -OCH3 is 1. The van der Waals surface area contributed by atoms with E-state index in [2.05, 4.69) is 5.32 Å².